The molecule has 0 spiro atoms. The van der Waals surface area contributed by atoms with E-state index in [0.717, 1.165) is 19.3 Å². The zero-order valence-corrected chi connectivity index (χ0v) is 9.40. The minimum absolute atomic E-state index is 0.0650. The van der Waals surface area contributed by atoms with Gasteiger partial charge in [0.25, 0.3) is 5.91 Å². The van der Waals surface area contributed by atoms with Gasteiger partial charge in [0.15, 0.2) is 0 Å². The molecular formula is C12H16N2O2. The molecule has 1 fully saturated rings. The fourth-order valence-electron chi connectivity index (χ4n) is 2.00. The molecule has 1 aromatic rings. The first-order chi connectivity index (χ1) is 7.76. The van der Waals surface area contributed by atoms with E-state index in [0.29, 0.717) is 12.2 Å². The van der Waals surface area contributed by atoms with E-state index in [1.807, 2.05) is 0 Å². The molecule has 0 unspecified atom stereocenters. The Morgan fingerprint density at radius 2 is 2.44 bits per heavy atom. The summed E-state index contributed by atoms with van der Waals surface area (Å²) in [5.41, 5.74) is 0.451. The maximum atomic E-state index is 11.9. The van der Waals surface area contributed by atoms with E-state index in [9.17, 15) is 4.79 Å². The first-order valence-electron chi connectivity index (χ1n) is 5.47. The van der Waals surface area contributed by atoms with Gasteiger partial charge in [0.1, 0.15) is 0 Å². The number of hydrogen-bond acceptors (Lipinski definition) is 3. The lowest BCUT2D eigenvalue weighted by Crippen LogP contribution is -2.56. The average Bonchev–Trinajstić information content (AvgIpc) is 2.27. The highest BCUT2D eigenvalue weighted by molar-refractivity contribution is 5.94. The van der Waals surface area contributed by atoms with Crippen LogP contribution in [-0.4, -0.2) is 30.1 Å². The summed E-state index contributed by atoms with van der Waals surface area (Å²) in [5, 5.41) is 3.04. The van der Waals surface area contributed by atoms with Gasteiger partial charge in [-0.05, 0) is 31.4 Å². The van der Waals surface area contributed by atoms with Crippen LogP contribution in [0, 0.1) is 0 Å². The van der Waals surface area contributed by atoms with Crippen molar-refractivity contribution in [1.82, 2.24) is 10.3 Å². The van der Waals surface area contributed by atoms with Gasteiger partial charge >= 0.3 is 0 Å². The van der Waals surface area contributed by atoms with Crippen molar-refractivity contribution in [2.45, 2.75) is 24.8 Å². The fraction of sp³-hybridized carbons (Fsp3) is 0.500. The van der Waals surface area contributed by atoms with Gasteiger partial charge in [-0.1, -0.05) is 0 Å². The van der Waals surface area contributed by atoms with Crippen LogP contribution in [0.25, 0.3) is 0 Å². The van der Waals surface area contributed by atoms with Gasteiger partial charge in [0.05, 0.1) is 17.7 Å². The molecule has 0 saturated heterocycles. The molecule has 1 aliphatic rings. The molecule has 1 N–H and O–H groups in total. The van der Waals surface area contributed by atoms with E-state index in [4.69, 9.17) is 4.74 Å². The Labute approximate surface area is 95.0 Å². The van der Waals surface area contributed by atoms with Gasteiger partial charge < -0.3 is 10.1 Å². The Morgan fingerprint density at radius 3 is 2.94 bits per heavy atom. The van der Waals surface area contributed by atoms with Gasteiger partial charge in [0.2, 0.25) is 0 Å². The van der Waals surface area contributed by atoms with Crippen molar-refractivity contribution in [2.24, 2.45) is 0 Å². The van der Waals surface area contributed by atoms with Crippen LogP contribution in [0.2, 0.25) is 0 Å². The van der Waals surface area contributed by atoms with E-state index in [2.05, 4.69) is 10.3 Å². The Balaban J connectivity index is 2.01. The highest BCUT2D eigenvalue weighted by Gasteiger charge is 2.38. The third-order valence-corrected chi connectivity index (χ3v) is 3.03. The maximum Gasteiger partial charge on any atom is 0.253 e. The third-order valence-electron chi connectivity index (χ3n) is 3.03. The van der Waals surface area contributed by atoms with Crippen LogP contribution in [0.5, 0.6) is 0 Å². The summed E-state index contributed by atoms with van der Waals surface area (Å²) < 4.78 is 5.16. The monoisotopic (exact) mass is 220 g/mol. The molecule has 16 heavy (non-hydrogen) atoms. The number of carbonyl (C=O) groups excluding carboxylic acids is 1. The zero-order valence-electron chi connectivity index (χ0n) is 9.40. The predicted molar refractivity (Wildman–Crippen MR) is 60.2 cm³/mol. The number of rotatable bonds is 4. The summed E-state index contributed by atoms with van der Waals surface area (Å²) in [7, 11) is 1.66. The summed E-state index contributed by atoms with van der Waals surface area (Å²) in [6, 6.07) is 3.53. The number of methoxy groups -OCH3 is 1. The smallest absolute Gasteiger partial charge is 0.253 e. The van der Waals surface area contributed by atoms with E-state index in [1.165, 1.54) is 0 Å². The van der Waals surface area contributed by atoms with E-state index < -0.39 is 0 Å². The van der Waals surface area contributed by atoms with Crippen LogP contribution in [0.4, 0.5) is 0 Å². The molecule has 0 aliphatic heterocycles. The molecule has 1 aromatic heterocycles. The van der Waals surface area contributed by atoms with Crippen LogP contribution >= 0.6 is 0 Å². The van der Waals surface area contributed by atoms with Crippen LogP contribution in [-0.2, 0) is 4.74 Å². The molecule has 0 atom stereocenters. The van der Waals surface area contributed by atoms with Crippen molar-refractivity contribution in [3.05, 3.63) is 30.1 Å². The molecule has 86 valence electrons. The molecule has 4 heteroatoms. The van der Waals surface area contributed by atoms with Crippen molar-refractivity contribution < 1.29 is 9.53 Å². The molecule has 1 amide bonds. The first kappa shape index (κ1) is 11.1. The van der Waals surface area contributed by atoms with Crippen LogP contribution < -0.4 is 5.32 Å². The highest BCUT2D eigenvalue weighted by Crippen LogP contribution is 2.32. The maximum absolute atomic E-state index is 11.9. The lowest BCUT2D eigenvalue weighted by atomic mass is 9.77. The van der Waals surface area contributed by atoms with Crippen LogP contribution in [0.1, 0.15) is 29.6 Å². The van der Waals surface area contributed by atoms with E-state index in [1.54, 1.807) is 31.6 Å². The Morgan fingerprint density at radius 1 is 1.62 bits per heavy atom. The van der Waals surface area contributed by atoms with Crippen molar-refractivity contribution in [2.75, 3.05) is 13.7 Å². The van der Waals surface area contributed by atoms with Crippen molar-refractivity contribution in [1.29, 1.82) is 0 Å². The average molecular weight is 220 g/mol. The van der Waals surface area contributed by atoms with Crippen molar-refractivity contribution in [3.63, 3.8) is 0 Å². The lowest BCUT2D eigenvalue weighted by molar-refractivity contribution is 0.0476. The molecule has 0 radical (unpaired) electrons. The number of nitrogens with one attached hydrogen (secondary N) is 1. The van der Waals surface area contributed by atoms with Gasteiger partial charge in [-0.15, -0.1) is 0 Å². The third kappa shape index (κ3) is 2.22. The largest absolute Gasteiger partial charge is 0.382 e. The minimum atomic E-state index is -0.151. The normalized spacial score (nSPS) is 17.6. The Hall–Kier alpha value is -1.42. The second-order valence-electron chi connectivity index (χ2n) is 4.26. The fourth-order valence-corrected chi connectivity index (χ4v) is 2.00. The van der Waals surface area contributed by atoms with Crippen LogP contribution in [0.15, 0.2) is 24.5 Å². The van der Waals surface area contributed by atoms with Gasteiger partial charge in [-0.2, -0.15) is 0 Å². The quantitative estimate of drug-likeness (QED) is 0.834. The minimum Gasteiger partial charge on any atom is -0.382 e. The number of aromatic nitrogens is 1. The molecular weight excluding hydrogens is 204 g/mol. The van der Waals surface area contributed by atoms with Crippen molar-refractivity contribution in [3.8, 4) is 0 Å². The molecule has 1 heterocycles. The summed E-state index contributed by atoms with van der Waals surface area (Å²) in [5.74, 6) is -0.0650. The summed E-state index contributed by atoms with van der Waals surface area (Å²) in [6.07, 6.45) is 6.37. The van der Waals surface area contributed by atoms with Crippen LogP contribution in [0.3, 0.4) is 0 Å². The van der Waals surface area contributed by atoms with Crippen molar-refractivity contribution >= 4 is 5.91 Å². The number of hydrogen-bond donors (Lipinski definition) is 1. The molecule has 0 aromatic carbocycles. The Kier molecular flexibility index (Phi) is 3.19. The number of pyridine rings is 1. The first-order valence-corrected chi connectivity index (χ1v) is 5.47. The van der Waals surface area contributed by atoms with Gasteiger partial charge in [-0.3, -0.25) is 9.78 Å². The second-order valence-corrected chi connectivity index (χ2v) is 4.26. The number of nitrogens with zero attached hydrogens (tertiary/aromatic N) is 1. The number of amides is 1. The van der Waals surface area contributed by atoms with Gasteiger partial charge in [0, 0.05) is 19.5 Å². The molecule has 4 nitrogen and oxygen atoms in total. The van der Waals surface area contributed by atoms with E-state index in [-0.39, 0.29) is 11.4 Å². The highest BCUT2D eigenvalue weighted by atomic mass is 16.5. The SMILES string of the molecule is COCC1(NC(=O)c2cccnc2)CCC1. The predicted octanol–water partition coefficient (Wildman–Crippen LogP) is 1.38. The second kappa shape index (κ2) is 4.61. The summed E-state index contributed by atoms with van der Waals surface area (Å²) >= 11 is 0. The lowest BCUT2D eigenvalue weighted by Gasteiger charge is -2.41. The number of ether oxygens (including phenoxy) is 1. The molecule has 1 aliphatic carbocycles. The molecule has 0 bridgehead atoms. The topological polar surface area (TPSA) is 51.2 Å². The molecule has 2 rings (SSSR count). The van der Waals surface area contributed by atoms with Gasteiger partial charge in [-0.25, -0.2) is 0 Å². The Bertz CT molecular complexity index is 361. The number of carbonyl (C=O) groups is 1. The van der Waals surface area contributed by atoms with E-state index >= 15 is 0 Å². The zero-order chi connectivity index (χ0) is 11.4. The summed E-state index contributed by atoms with van der Waals surface area (Å²) in [4.78, 5) is 15.9. The standard InChI is InChI=1S/C12H16N2O2/c1-16-9-12(5-3-6-12)14-11(15)10-4-2-7-13-8-10/h2,4,7-8H,3,5-6,9H2,1H3,(H,14,15). The summed E-state index contributed by atoms with van der Waals surface area (Å²) in [6.45, 7) is 0.582. The molecule has 1 saturated carbocycles.